The minimum atomic E-state index is -0.478. The average molecular weight is 466 g/mol. The second-order valence-electron chi connectivity index (χ2n) is 8.32. The zero-order chi connectivity index (χ0) is 22.9. The quantitative estimate of drug-likeness (QED) is 0.427. The molecule has 1 aliphatic rings. The van der Waals surface area contributed by atoms with Crippen LogP contribution in [0.2, 0.25) is 0 Å². The van der Waals surface area contributed by atoms with Gasteiger partial charge in [-0.1, -0.05) is 0 Å². The van der Waals surface area contributed by atoms with E-state index in [1.54, 1.807) is 20.4 Å². The van der Waals surface area contributed by atoms with E-state index in [0.717, 1.165) is 65.1 Å². The standard InChI is InChI=1S/C23H27N7O2S/c1-14-10-29(13-24-14)20-9-8-18(25-22(20)32-3)19-12-33-23(26-19)27-21-16-6-4-5-7-17(16)28-30(21)11-15(2)31/h8-10,12-13,15,31H,4-7,11H2,1-3H3,(H,26,27). The average Bonchev–Trinajstić information content (AvgIpc) is 3.53. The predicted molar refractivity (Wildman–Crippen MR) is 128 cm³/mol. The zero-order valence-corrected chi connectivity index (χ0v) is 19.8. The Morgan fingerprint density at radius 3 is 2.82 bits per heavy atom. The van der Waals surface area contributed by atoms with Crippen LogP contribution in [0.3, 0.4) is 0 Å². The lowest BCUT2D eigenvalue weighted by atomic mass is 9.97. The van der Waals surface area contributed by atoms with Crippen LogP contribution in [-0.2, 0) is 19.4 Å². The molecule has 1 aliphatic carbocycles. The number of aliphatic hydroxyl groups excluding tert-OH is 1. The molecule has 5 rings (SSSR count). The molecule has 0 saturated carbocycles. The highest BCUT2D eigenvalue weighted by molar-refractivity contribution is 7.14. The maximum Gasteiger partial charge on any atom is 0.238 e. The highest BCUT2D eigenvalue weighted by atomic mass is 32.1. The molecule has 0 saturated heterocycles. The van der Waals surface area contributed by atoms with Crippen molar-refractivity contribution in [3.63, 3.8) is 0 Å². The van der Waals surface area contributed by atoms with Crippen molar-refractivity contribution in [3.05, 3.63) is 47.0 Å². The van der Waals surface area contributed by atoms with Crippen molar-refractivity contribution in [2.45, 2.75) is 52.2 Å². The van der Waals surface area contributed by atoms with E-state index < -0.39 is 6.10 Å². The van der Waals surface area contributed by atoms with E-state index in [-0.39, 0.29) is 0 Å². The van der Waals surface area contributed by atoms with E-state index in [0.29, 0.717) is 12.4 Å². The van der Waals surface area contributed by atoms with Crippen LogP contribution in [0.25, 0.3) is 17.1 Å². The maximum absolute atomic E-state index is 9.94. The number of ether oxygens (including phenoxy) is 1. The molecule has 0 fully saturated rings. The van der Waals surface area contributed by atoms with Crippen molar-refractivity contribution >= 4 is 22.3 Å². The van der Waals surface area contributed by atoms with Crippen LogP contribution in [0.5, 0.6) is 5.88 Å². The van der Waals surface area contributed by atoms with E-state index in [9.17, 15) is 5.11 Å². The van der Waals surface area contributed by atoms with Gasteiger partial charge in [0.05, 0.1) is 43.2 Å². The van der Waals surface area contributed by atoms with Gasteiger partial charge in [0.15, 0.2) is 5.13 Å². The highest BCUT2D eigenvalue weighted by Crippen LogP contribution is 2.33. The molecular formula is C23H27N7O2S. The van der Waals surface area contributed by atoms with Gasteiger partial charge in [0.25, 0.3) is 0 Å². The Balaban J connectivity index is 1.43. The number of methoxy groups -OCH3 is 1. The molecule has 0 radical (unpaired) electrons. The van der Waals surface area contributed by atoms with Crippen LogP contribution in [-0.4, -0.2) is 47.6 Å². The summed E-state index contributed by atoms with van der Waals surface area (Å²) in [5, 5.41) is 20.9. The smallest absolute Gasteiger partial charge is 0.238 e. The van der Waals surface area contributed by atoms with E-state index >= 15 is 0 Å². The van der Waals surface area contributed by atoms with Gasteiger partial charge >= 0.3 is 0 Å². The molecule has 172 valence electrons. The van der Waals surface area contributed by atoms with Crippen LogP contribution >= 0.6 is 11.3 Å². The summed E-state index contributed by atoms with van der Waals surface area (Å²) in [5.74, 6) is 1.44. The van der Waals surface area contributed by atoms with Gasteiger partial charge in [0.1, 0.15) is 17.2 Å². The molecule has 0 bridgehead atoms. The molecular weight excluding hydrogens is 438 g/mol. The third-order valence-electron chi connectivity index (χ3n) is 5.68. The number of nitrogens with one attached hydrogen (secondary N) is 1. The van der Waals surface area contributed by atoms with Crippen molar-refractivity contribution in [1.29, 1.82) is 0 Å². The number of hydrogen-bond donors (Lipinski definition) is 2. The minimum Gasteiger partial charge on any atom is -0.479 e. The number of thiazole rings is 1. The topological polar surface area (TPSA) is 103 Å². The fourth-order valence-corrected chi connectivity index (χ4v) is 4.86. The summed E-state index contributed by atoms with van der Waals surface area (Å²) in [6, 6.07) is 3.90. The van der Waals surface area contributed by atoms with Crippen molar-refractivity contribution in [3.8, 4) is 23.0 Å². The number of aliphatic hydroxyl groups is 1. The first kappa shape index (κ1) is 21.6. The monoisotopic (exact) mass is 465 g/mol. The van der Waals surface area contributed by atoms with Crippen LogP contribution in [0.4, 0.5) is 10.9 Å². The molecule has 4 aromatic heterocycles. The van der Waals surface area contributed by atoms with Gasteiger partial charge < -0.3 is 19.7 Å². The number of imidazole rings is 1. The minimum absolute atomic E-state index is 0.446. The van der Waals surface area contributed by atoms with E-state index in [2.05, 4.69) is 15.3 Å². The SMILES string of the molecule is COc1nc(-c2csc(Nc3c4c(nn3CC(C)O)CCCC4)n2)ccc1-n1cnc(C)c1. The van der Waals surface area contributed by atoms with Crippen molar-refractivity contribution in [2.75, 3.05) is 12.4 Å². The van der Waals surface area contributed by atoms with Crippen LogP contribution in [0.15, 0.2) is 30.0 Å². The first-order valence-electron chi connectivity index (χ1n) is 11.1. The highest BCUT2D eigenvalue weighted by Gasteiger charge is 2.22. The Bertz CT molecular complexity index is 1270. The maximum atomic E-state index is 9.94. The lowest BCUT2D eigenvalue weighted by Crippen LogP contribution is -2.15. The molecule has 0 spiro atoms. The van der Waals surface area contributed by atoms with Crippen molar-refractivity contribution in [2.24, 2.45) is 0 Å². The molecule has 4 heterocycles. The lowest BCUT2D eigenvalue weighted by molar-refractivity contribution is 0.169. The van der Waals surface area contributed by atoms with Gasteiger partial charge in [-0.15, -0.1) is 11.3 Å². The van der Waals surface area contributed by atoms with Gasteiger partial charge in [-0.3, -0.25) is 0 Å². The summed E-state index contributed by atoms with van der Waals surface area (Å²) in [4.78, 5) is 13.7. The number of hydrogen-bond acceptors (Lipinski definition) is 8. The van der Waals surface area contributed by atoms with E-state index in [4.69, 9.17) is 14.8 Å². The molecule has 2 N–H and O–H groups in total. The number of aromatic nitrogens is 6. The predicted octanol–water partition coefficient (Wildman–Crippen LogP) is 3.91. The summed E-state index contributed by atoms with van der Waals surface area (Å²) < 4.78 is 9.32. The van der Waals surface area contributed by atoms with Crippen LogP contribution in [0.1, 0.15) is 36.7 Å². The van der Waals surface area contributed by atoms with E-state index in [1.807, 2.05) is 39.9 Å². The Morgan fingerprint density at radius 2 is 2.06 bits per heavy atom. The summed E-state index contributed by atoms with van der Waals surface area (Å²) in [6.07, 6.45) is 7.47. The van der Waals surface area contributed by atoms with Gasteiger partial charge in [0, 0.05) is 17.1 Å². The number of pyridine rings is 1. The number of nitrogens with zero attached hydrogens (tertiary/aromatic N) is 6. The number of aryl methyl sites for hydroxylation is 2. The molecule has 1 atom stereocenters. The van der Waals surface area contributed by atoms with Crippen molar-refractivity contribution in [1.82, 2.24) is 29.3 Å². The molecule has 4 aromatic rings. The molecule has 0 aliphatic heterocycles. The van der Waals surface area contributed by atoms with E-state index in [1.165, 1.54) is 16.9 Å². The third-order valence-corrected chi connectivity index (χ3v) is 6.43. The third kappa shape index (κ3) is 4.36. The Kier molecular flexibility index (Phi) is 5.86. The number of rotatable bonds is 7. The second kappa shape index (κ2) is 8.95. The van der Waals surface area contributed by atoms with Gasteiger partial charge in [-0.25, -0.2) is 19.6 Å². The first-order valence-corrected chi connectivity index (χ1v) is 12.0. The fraction of sp³-hybridized carbons (Fsp3) is 0.391. The number of anilines is 2. The Hall–Kier alpha value is -3.24. The summed E-state index contributed by atoms with van der Waals surface area (Å²) in [6.45, 7) is 4.17. The van der Waals surface area contributed by atoms with Crippen LogP contribution < -0.4 is 10.1 Å². The molecule has 1 unspecified atom stereocenters. The van der Waals surface area contributed by atoms with Gasteiger partial charge in [-0.2, -0.15) is 5.10 Å². The van der Waals surface area contributed by atoms with Crippen molar-refractivity contribution < 1.29 is 9.84 Å². The first-order chi connectivity index (χ1) is 16.0. The van der Waals surface area contributed by atoms with Crippen LogP contribution in [0, 0.1) is 6.92 Å². The fourth-order valence-electron chi connectivity index (χ4n) is 4.15. The molecule has 10 heteroatoms. The molecule has 0 aromatic carbocycles. The Labute approximate surface area is 196 Å². The Morgan fingerprint density at radius 1 is 1.21 bits per heavy atom. The second-order valence-corrected chi connectivity index (χ2v) is 9.18. The largest absolute Gasteiger partial charge is 0.479 e. The molecule has 9 nitrogen and oxygen atoms in total. The normalized spacial score (nSPS) is 14.2. The lowest BCUT2D eigenvalue weighted by Gasteiger charge is -2.13. The van der Waals surface area contributed by atoms with Gasteiger partial charge in [-0.05, 0) is 51.7 Å². The molecule has 0 amide bonds. The summed E-state index contributed by atoms with van der Waals surface area (Å²) in [7, 11) is 1.61. The number of fused-ring (bicyclic) bond motifs is 1. The summed E-state index contributed by atoms with van der Waals surface area (Å²) in [5.41, 5.74) is 5.61. The van der Waals surface area contributed by atoms with Gasteiger partial charge in [0.2, 0.25) is 5.88 Å². The summed E-state index contributed by atoms with van der Waals surface area (Å²) >= 11 is 1.52. The zero-order valence-electron chi connectivity index (χ0n) is 18.9. The molecule has 33 heavy (non-hydrogen) atoms.